The number of hydrogen-bond acceptors (Lipinski definition) is 12. The Morgan fingerprint density at radius 3 is 2.17 bits per heavy atom. The smallest absolute Gasteiger partial charge is 0.407 e. The third-order valence-corrected chi connectivity index (χ3v) is 12.9. The van der Waals surface area contributed by atoms with Crippen LogP contribution in [0.1, 0.15) is 71.7 Å². The maximum atomic E-state index is 16.0. The fraction of sp³-hybridized carbons (Fsp3) is 0.360. The van der Waals surface area contributed by atoms with E-state index in [1.807, 2.05) is 42.3 Å². The van der Waals surface area contributed by atoms with E-state index in [2.05, 4.69) is 17.4 Å². The molecular weight excluding hydrogens is 875 g/mol. The van der Waals surface area contributed by atoms with Gasteiger partial charge in [0.1, 0.15) is 19.2 Å². The number of hydrogen-bond donors (Lipinski definition) is 1. The Labute approximate surface area is 384 Å². The van der Waals surface area contributed by atoms with Crippen molar-refractivity contribution in [1.29, 1.82) is 0 Å². The van der Waals surface area contributed by atoms with Crippen LogP contribution in [0, 0.1) is 30.4 Å². The minimum atomic E-state index is -0.744. The Balaban J connectivity index is 0.865. The van der Waals surface area contributed by atoms with E-state index >= 15 is 8.78 Å². The summed E-state index contributed by atoms with van der Waals surface area (Å²) in [6.07, 6.45) is -0.476. The van der Waals surface area contributed by atoms with E-state index in [4.69, 9.17) is 28.4 Å². The van der Waals surface area contributed by atoms with Gasteiger partial charge < -0.3 is 38.6 Å². The number of amides is 2. The van der Waals surface area contributed by atoms with E-state index in [1.54, 1.807) is 32.9 Å². The number of methoxy groups -OCH3 is 2. The monoisotopic (exact) mass is 924 g/mol. The molecule has 0 saturated carbocycles. The fourth-order valence-corrected chi connectivity index (χ4v) is 9.41. The van der Waals surface area contributed by atoms with Crippen molar-refractivity contribution in [1.82, 2.24) is 10.2 Å². The van der Waals surface area contributed by atoms with Crippen molar-refractivity contribution >= 4 is 56.9 Å². The lowest BCUT2D eigenvalue weighted by Gasteiger charge is -2.17. The van der Waals surface area contributed by atoms with Gasteiger partial charge in [-0.15, -0.1) is 11.3 Å². The molecule has 2 amide bonds. The predicted molar refractivity (Wildman–Crippen MR) is 242 cm³/mol. The van der Waals surface area contributed by atoms with Gasteiger partial charge in [-0.3, -0.25) is 14.4 Å². The number of alkyl carbamates (subject to hydrolysis) is 1. The molecule has 1 aliphatic heterocycles. The normalized spacial score (nSPS) is 13.5. The number of fused-ring (bicyclic) bond motifs is 5. The molecule has 0 unspecified atom stereocenters. The number of ether oxygens (including phenoxy) is 6. The van der Waals surface area contributed by atoms with Crippen LogP contribution in [-0.2, 0) is 46.5 Å². The Morgan fingerprint density at radius 1 is 0.833 bits per heavy atom. The molecule has 4 aromatic carbocycles. The number of carbonyl (C=O) groups excluding carboxylic acids is 5. The highest BCUT2D eigenvalue weighted by Crippen LogP contribution is 2.45. The maximum Gasteiger partial charge on any atom is 0.407 e. The van der Waals surface area contributed by atoms with E-state index in [1.165, 1.54) is 36.5 Å². The number of nitrogens with zero attached hydrogens (tertiary/aromatic N) is 1. The second-order valence-corrected chi connectivity index (χ2v) is 17.3. The zero-order chi connectivity index (χ0) is 47.1. The Kier molecular flexibility index (Phi) is 15.0. The third-order valence-electron chi connectivity index (χ3n) is 11.7. The second-order valence-electron chi connectivity index (χ2n) is 16.3. The van der Waals surface area contributed by atoms with Crippen molar-refractivity contribution in [3.63, 3.8) is 0 Å². The quantitative estimate of drug-likeness (QED) is 0.0366. The molecule has 16 heteroatoms. The average Bonchev–Trinajstić information content (AvgIpc) is 4.04. The lowest BCUT2D eigenvalue weighted by atomic mass is 9.98. The zero-order valence-corrected chi connectivity index (χ0v) is 38.1. The highest BCUT2D eigenvalue weighted by Gasteiger charge is 2.32. The van der Waals surface area contributed by atoms with Crippen LogP contribution in [0.25, 0.3) is 26.8 Å². The number of rotatable bonds is 19. The van der Waals surface area contributed by atoms with Crippen molar-refractivity contribution in [2.45, 2.75) is 59.0 Å². The molecule has 0 bridgehead atoms. The molecule has 1 N–H and O–H groups in total. The van der Waals surface area contributed by atoms with E-state index < -0.39 is 41.5 Å². The number of thiophene rings is 1. The number of carbonyl (C=O) groups is 4. The lowest BCUT2D eigenvalue weighted by Crippen LogP contribution is -2.30. The highest BCUT2D eigenvalue weighted by molar-refractivity contribution is 7.20. The molecule has 7 rings (SSSR count). The molecule has 2 atom stereocenters. The summed E-state index contributed by atoms with van der Waals surface area (Å²) >= 11 is 1.18. The average molecular weight is 925 g/mol. The van der Waals surface area contributed by atoms with Gasteiger partial charge in [-0.05, 0) is 64.9 Å². The molecule has 5 aromatic rings. The van der Waals surface area contributed by atoms with Gasteiger partial charge in [-0.1, -0.05) is 62.4 Å². The zero-order valence-electron chi connectivity index (χ0n) is 37.3. The molecule has 1 aliphatic carbocycles. The summed E-state index contributed by atoms with van der Waals surface area (Å²) in [6, 6.07) is 20.9. The second kappa shape index (κ2) is 21.0. The minimum Gasteiger partial charge on any atom is -0.493 e. The predicted octanol–water partition coefficient (Wildman–Crippen LogP) is 8.71. The van der Waals surface area contributed by atoms with Gasteiger partial charge in [-0.25, -0.2) is 18.4 Å². The van der Waals surface area contributed by atoms with Crippen molar-refractivity contribution in [2.24, 2.45) is 11.8 Å². The number of benzene rings is 4. The summed E-state index contributed by atoms with van der Waals surface area (Å²) in [5, 5.41) is 2.84. The highest BCUT2D eigenvalue weighted by atomic mass is 32.1. The molecule has 66 heavy (non-hydrogen) atoms. The first-order valence-corrected chi connectivity index (χ1v) is 22.4. The molecular formula is C50H50F2N2O11S. The number of halogens is 2. The summed E-state index contributed by atoms with van der Waals surface area (Å²) in [4.78, 5) is 64.2. The van der Waals surface area contributed by atoms with Crippen LogP contribution in [-0.4, -0.2) is 82.0 Å². The molecule has 2 heterocycles. The standard InChI is InChI=1S/C50H50F2N2O11S/c1-28-20-42-37(44(51)46(28)62-16-10-17-63-47-40(60-4)22-31-24-54(25-38(31)45(47)52)43(56)21-30(3)48(57)61-5)23-41(66-42)32(26-55)19-29(2)49(58)64-18-15-53-50(59)65-27-39-35-13-8-6-11-33(35)34-12-7-9-14-36(34)39/h6-9,11-14,20,22-23,29-30,39H,10,15-19,21,24-25,27H2,1-5H3,(H,53,59)/t29-,30-/m0/s1. The first kappa shape index (κ1) is 47.2. The summed E-state index contributed by atoms with van der Waals surface area (Å²) in [5.41, 5.74) is 5.98. The van der Waals surface area contributed by atoms with Gasteiger partial charge >= 0.3 is 18.0 Å². The summed E-state index contributed by atoms with van der Waals surface area (Å²) in [7, 11) is 2.63. The molecule has 2 aliphatic rings. The first-order chi connectivity index (χ1) is 31.8. The van der Waals surface area contributed by atoms with Gasteiger partial charge in [0, 0.05) is 52.4 Å². The lowest BCUT2D eigenvalue weighted by molar-refractivity contribution is -0.148. The fourth-order valence-electron chi connectivity index (χ4n) is 8.25. The van der Waals surface area contributed by atoms with E-state index in [-0.39, 0.29) is 105 Å². The van der Waals surface area contributed by atoms with Gasteiger partial charge in [0.05, 0.1) is 51.4 Å². The van der Waals surface area contributed by atoms with Crippen molar-refractivity contribution < 1.29 is 61.2 Å². The summed E-state index contributed by atoms with van der Waals surface area (Å²) in [6.45, 7) is 5.13. The van der Waals surface area contributed by atoms with Crippen LogP contribution in [0.4, 0.5) is 13.6 Å². The van der Waals surface area contributed by atoms with Gasteiger partial charge in [0.25, 0.3) is 0 Å². The Morgan fingerprint density at radius 2 is 1.50 bits per heavy atom. The number of allylic oxidation sites excluding steroid dienone is 1. The largest absolute Gasteiger partial charge is 0.493 e. The van der Waals surface area contributed by atoms with Gasteiger partial charge in [0.2, 0.25) is 5.91 Å². The van der Waals surface area contributed by atoms with Crippen LogP contribution in [0.2, 0.25) is 0 Å². The third kappa shape index (κ3) is 10.2. The van der Waals surface area contributed by atoms with Crippen molar-refractivity contribution in [2.75, 3.05) is 47.2 Å². The molecule has 346 valence electrons. The number of esters is 2. The van der Waals surface area contributed by atoms with Crippen molar-refractivity contribution in [3.05, 3.63) is 111 Å². The number of aryl methyl sites for hydroxylation is 1. The van der Waals surface area contributed by atoms with Crippen LogP contribution in [0.3, 0.4) is 0 Å². The summed E-state index contributed by atoms with van der Waals surface area (Å²) < 4.78 is 65.0. The number of nitrogens with one attached hydrogen (secondary N) is 1. The minimum absolute atomic E-state index is 0.0000586. The van der Waals surface area contributed by atoms with E-state index in [0.717, 1.165) is 22.3 Å². The molecule has 0 radical (unpaired) electrons. The van der Waals surface area contributed by atoms with Crippen LogP contribution < -0.4 is 19.5 Å². The molecule has 0 fully saturated rings. The summed E-state index contributed by atoms with van der Waals surface area (Å²) in [5.74, 6) is -2.20. The van der Waals surface area contributed by atoms with Crippen molar-refractivity contribution in [3.8, 4) is 28.4 Å². The van der Waals surface area contributed by atoms with Gasteiger partial charge in [0.15, 0.2) is 28.9 Å². The molecule has 0 spiro atoms. The van der Waals surface area contributed by atoms with E-state index in [9.17, 15) is 24.0 Å². The van der Waals surface area contributed by atoms with E-state index in [0.29, 0.717) is 26.3 Å². The van der Waals surface area contributed by atoms with Gasteiger partial charge in [-0.2, -0.15) is 0 Å². The Bertz CT molecular complexity index is 2670. The molecule has 0 saturated heterocycles. The molecule has 13 nitrogen and oxygen atoms in total. The van der Waals surface area contributed by atoms with Crippen LogP contribution in [0.5, 0.6) is 17.2 Å². The van der Waals surface area contributed by atoms with Crippen LogP contribution in [0.15, 0.2) is 66.7 Å². The molecule has 1 aromatic heterocycles. The topological polar surface area (TPSA) is 156 Å². The SMILES string of the molecule is COC(=O)[C@@H](C)CC(=O)N1Cc2cc(OC)c(OCCCOc3c(C)cc4sc(C(=C=O)C[C@H](C)C(=O)OCCNC(=O)OCC5c6ccccc6-c6ccccc65)cc4c3F)c(F)c2C1. The maximum absolute atomic E-state index is 16.0. The van der Waals surface area contributed by atoms with Crippen LogP contribution >= 0.6 is 11.3 Å². The first-order valence-electron chi connectivity index (χ1n) is 21.5. The Hall–Kier alpha value is -6.77.